The second-order valence-electron chi connectivity index (χ2n) is 7.92. The Balaban J connectivity index is 1.03. The molecule has 0 aliphatic heterocycles. The van der Waals surface area contributed by atoms with Crippen molar-refractivity contribution in [2.45, 2.75) is 13.0 Å². The van der Waals surface area contributed by atoms with Gasteiger partial charge in [-0.1, -0.05) is 42.5 Å². The lowest BCUT2D eigenvalue weighted by Gasteiger charge is -2.10. The molecule has 0 saturated heterocycles. The summed E-state index contributed by atoms with van der Waals surface area (Å²) >= 11 is 0. The number of para-hydroxylation sites is 2. The lowest BCUT2D eigenvalue weighted by atomic mass is 10.2. The molecule has 0 radical (unpaired) electrons. The van der Waals surface area contributed by atoms with Crippen LogP contribution in [0.25, 0.3) is 22.4 Å². The minimum Gasteiger partial charge on any atom is -0.493 e. The Kier molecular flexibility index (Phi) is 6.72. The Hall–Kier alpha value is -4.25. The summed E-state index contributed by atoms with van der Waals surface area (Å²) in [6.45, 7) is 1.72. The molecule has 170 valence electrons. The predicted octanol–water partition coefficient (Wildman–Crippen LogP) is 6.66. The summed E-state index contributed by atoms with van der Waals surface area (Å²) in [6.07, 6.45) is 0.789. The van der Waals surface area contributed by atoms with Crippen molar-refractivity contribution in [3.05, 3.63) is 109 Å². The Labute approximate surface area is 199 Å². The standard InChI is InChI=1S/C29H26N2O3/c1-2-7-22(8-3-1)21-34-26-17-15-25(16-18-26)33-20-6-19-32-24-13-11-23(12-14-24)29-30-27-9-4-5-10-28(27)31-29/h1-5,7-18H,6,19-21H2,(H,30,31). The summed E-state index contributed by atoms with van der Waals surface area (Å²) in [7, 11) is 0. The molecule has 34 heavy (non-hydrogen) atoms. The van der Waals surface area contributed by atoms with Crippen molar-refractivity contribution in [3.63, 3.8) is 0 Å². The van der Waals surface area contributed by atoms with Crippen molar-refractivity contribution in [2.24, 2.45) is 0 Å². The highest BCUT2D eigenvalue weighted by molar-refractivity contribution is 5.79. The van der Waals surface area contributed by atoms with E-state index in [4.69, 9.17) is 14.2 Å². The summed E-state index contributed by atoms with van der Waals surface area (Å²) in [4.78, 5) is 7.99. The molecule has 0 aliphatic rings. The van der Waals surface area contributed by atoms with E-state index in [2.05, 4.69) is 22.1 Å². The molecular formula is C29H26N2O3. The Morgan fingerprint density at radius 2 is 1.18 bits per heavy atom. The van der Waals surface area contributed by atoms with Gasteiger partial charge in [0.2, 0.25) is 0 Å². The van der Waals surface area contributed by atoms with Crippen molar-refractivity contribution < 1.29 is 14.2 Å². The van der Waals surface area contributed by atoms with Gasteiger partial charge in [-0.15, -0.1) is 0 Å². The van der Waals surface area contributed by atoms with Gasteiger partial charge in [0.05, 0.1) is 24.2 Å². The highest BCUT2D eigenvalue weighted by Gasteiger charge is 2.05. The molecule has 0 unspecified atom stereocenters. The van der Waals surface area contributed by atoms with Crippen LogP contribution in [0.2, 0.25) is 0 Å². The minimum atomic E-state index is 0.553. The average molecular weight is 451 g/mol. The van der Waals surface area contributed by atoms with Gasteiger partial charge in [-0.25, -0.2) is 4.98 Å². The number of aromatic nitrogens is 2. The second kappa shape index (κ2) is 10.6. The maximum absolute atomic E-state index is 5.86. The molecule has 0 spiro atoms. The van der Waals surface area contributed by atoms with Gasteiger partial charge in [0.1, 0.15) is 29.7 Å². The van der Waals surface area contributed by atoms with Crippen LogP contribution in [0.4, 0.5) is 0 Å². The molecule has 0 aliphatic carbocycles. The number of hydrogen-bond acceptors (Lipinski definition) is 4. The molecule has 0 amide bonds. The average Bonchev–Trinajstić information content (AvgIpc) is 3.33. The zero-order valence-corrected chi connectivity index (χ0v) is 18.8. The molecule has 5 heteroatoms. The summed E-state index contributed by atoms with van der Waals surface area (Å²) in [5, 5.41) is 0. The molecule has 4 aromatic carbocycles. The van der Waals surface area contributed by atoms with Gasteiger partial charge < -0.3 is 19.2 Å². The van der Waals surface area contributed by atoms with Crippen molar-refractivity contribution in [1.82, 2.24) is 9.97 Å². The number of fused-ring (bicyclic) bond motifs is 1. The lowest BCUT2D eigenvalue weighted by molar-refractivity contribution is 0.247. The number of ether oxygens (including phenoxy) is 3. The van der Waals surface area contributed by atoms with Crippen LogP contribution < -0.4 is 14.2 Å². The van der Waals surface area contributed by atoms with E-state index < -0.39 is 0 Å². The number of benzene rings is 4. The first-order valence-corrected chi connectivity index (χ1v) is 11.4. The molecule has 0 atom stereocenters. The molecule has 1 heterocycles. The van der Waals surface area contributed by atoms with Crippen LogP contribution in [-0.4, -0.2) is 23.2 Å². The normalized spacial score (nSPS) is 10.8. The van der Waals surface area contributed by atoms with Gasteiger partial charge in [0.15, 0.2) is 0 Å². The molecule has 1 N–H and O–H groups in total. The quantitative estimate of drug-likeness (QED) is 0.242. The fourth-order valence-corrected chi connectivity index (χ4v) is 3.61. The third kappa shape index (κ3) is 5.56. The van der Waals surface area contributed by atoms with Crippen molar-refractivity contribution in [2.75, 3.05) is 13.2 Å². The summed E-state index contributed by atoms with van der Waals surface area (Å²) in [5.74, 6) is 3.34. The van der Waals surface area contributed by atoms with Crippen molar-refractivity contribution in [1.29, 1.82) is 0 Å². The zero-order valence-electron chi connectivity index (χ0n) is 18.8. The second-order valence-corrected chi connectivity index (χ2v) is 7.92. The fraction of sp³-hybridized carbons (Fsp3) is 0.138. The van der Waals surface area contributed by atoms with Crippen LogP contribution in [0.5, 0.6) is 17.2 Å². The monoisotopic (exact) mass is 450 g/mol. The van der Waals surface area contributed by atoms with Gasteiger partial charge in [-0.3, -0.25) is 0 Å². The van der Waals surface area contributed by atoms with Crippen LogP contribution in [0, 0.1) is 0 Å². The molecule has 5 rings (SSSR count). The number of hydrogen-bond donors (Lipinski definition) is 1. The van der Waals surface area contributed by atoms with E-state index in [-0.39, 0.29) is 0 Å². The Morgan fingerprint density at radius 3 is 1.85 bits per heavy atom. The van der Waals surface area contributed by atoms with E-state index in [1.165, 1.54) is 0 Å². The van der Waals surface area contributed by atoms with E-state index in [9.17, 15) is 0 Å². The molecule has 5 nitrogen and oxygen atoms in total. The first-order chi connectivity index (χ1) is 16.8. The SMILES string of the molecule is c1ccc(COc2ccc(OCCCOc3ccc(-c4nc5ccccc5[nH]4)cc3)cc2)cc1. The number of H-pyrrole nitrogens is 1. The van der Waals surface area contributed by atoms with Crippen LogP contribution in [0.1, 0.15) is 12.0 Å². The largest absolute Gasteiger partial charge is 0.493 e. The van der Waals surface area contributed by atoms with Gasteiger partial charge in [0.25, 0.3) is 0 Å². The van der Waals surface area contributed by atoms with Crippen LogP contribution in [0.15, 0.2) is 103 Å². The van der Waals surface area contributed by atoms with Crippen LogP contribution >= 0.6 is 0 Å². The number of nitrogens with zero attached hydrogens (tertiary/aromatic N) is 1. The molecule has 0 bridgehead atoms. The summed E-state index contributed by atoms with van der Waals surface area (Å²) < 4.78 is 17.5. The molecule has 0 saturated carbocycles. The smallest absolute Gasteiger partial charge is 0.138 e. The molecule has 1 aromatic heterocycles. The number of nitrogens with one attached hydrogen (secondary N) is 1. The predicted molar refractivity (Wildman–Crippen MR) is 134 cm³/mol. The number of aromatic amines is 1. The molecule has 5 aromatic rings. The van der Waals surface area contributed by atoms with E-state index in [0.29, 0.717) is 19.8 Å². The maximum Gasteiger partial charge on any atom is 0.138 e. The van der Waals surface area contributed by atoms with Gasteiger partial charge in [-0.2, -0.15) is 0 Å². The molecular weight excluding hydrogens is 424 g/mol. The van der Waals surface area contributed by atoms with Gasteiger partial charge >= 0.3 is 0 Å². The summed E-state index contributed by atoms with van der Waals surface area (Å²) in [5.41, 5.74) is 4.18. The number of imidazole rings is 1. The van der Waals surface area contributed by atoms with E-state index in [0.717, 1.165) is 51.7 Å². The summed E-state index contributed by atoms with van der Waals surface area (Å²) in [6, 6.07) is 33.8. The first-order valence-electron chi connectivity index (χ1n) is 11.4. The zero-order chi connectivity index (χ0) is 23.0. The van der Waals surface area contributed by atoms with E-state index in [1.54, 1.807) is 0 Å². The third-order valence-corrected chi connectivity index (χ3v) is 5.42. The molecule has 0 fully saturated rings. The Bertz CT molecular complexity index is 1280. The highest BCUT2D eigenvalue weighted by atomic mass is 16.5. The van der Waals surface area contributed by atoms with Crippen molar-refractivity contribution in [3.8, 4) is 28.6 Å². The van der Waals surface area contributed by atoms with Crippen molar-refractivity contribution >= 4 is 11.0 Å². The first kappa shape index (κ1) is 21.6. The minimum absolute atomic E-state index is 0.553. The van der Waals surface area contributed by atoms with E-state index in [1.807, 2.05) is 91.0 Å². The number of rotatable bonds is 10. The maximum atomic E-state index is 5.86. The van der Waals surface area contributed by atoms with Gasteiger partial charge in [0, 0.05) is 12.0 Å². The topological polar surface area (TPSA) is 56.4 Å². The highest BCUT2D eigenvalue weighted by Crippen LogP contribution is 2.23. The van der Waals surface area contributed by atoms with Crippen LogP contribution in [-0.2, 0) is 6.61 Å². The lowest BCUT2D eigenvalue weighted by Crippen LogP contribution is -2.05. The van der Waals surface area contributed by atoms with Crippen LogP contribution in [0.3, 0.4) is 0 Å². The fourth-order valence-electron chi connectivity index (χ4n) is 3.61. The van der Waals surface area contributed by atoms with E-state index >= 15 is 0 Å². The Morgan fingerprint density at radius 1 is 0.588 bits per heavy atom. The third-order valence-electron chi connectivity index (χ3n) is 5.42. The van der Waals surface area contributed by atoms with Gasteiger partial charge in [-0.05, 0) is 66.2 Å².